The van der Waals surface area contributed by atoms with E-state index in [-0.39, 0.29) is 0 Å². The lowest BCUT2D eigenvalue weighted by Crippen LogP contribution is -2.31. The fourth-order valence-corrected chi connectivity index (χ4v) is 4.03. The second-order valence-corrected chi connectivity index (χ2v) is 7.64. The van der Waals surface area contributed by atoms with Crippen molar-refractivity contribution in [2.45, 2.75) is 43.9 Å². The van der Waals surface area contributed by atoms with Crippen LogP contribution in [0.25, 0.3) is 0 Å². The molecule has 0 aromatic carbocycles. The van der Waals surface area contributed by atoms with Crippen molar-refractivity contribution in [3.63, 3.8) is 0 Å². The lowest BCUT2D eigenvalue weighted by Gasteiger charge is -2.29. The molecule has 2 aliphatic heterocycles. The van der Waals surface area contributed by atoms with Crippen LogP contribution in [0, 0.1) is 0 Å². The Balaban J connectivity index is 1.39. The van der Waals surface area contributed by atoms with Crippen LogP contribution in [0.5, 0.6) is 0 Å². The highest BCUT2D eigenvalue weighted by Gasteiger charge is 2.19. The van der Waals surface area contributed by atoms with Crippen LogP contribution in [0.4, 0.5) is 5.82 Å². The van der Waals surface area contributed by atoms with Gasteiger partial charge in [0.15, 0.2) is 5.16 Å². The first-order valence-corrected chi connectivity index (χ1v) is 10.4. The zero-order valence-corrected chi connectivity index (χ0v) is 15.6. The van der Waals surface area contributed by atoms with Crippen molar-refractivity contribution in [2.24, 2.45) is 0 Å². The molecule has 0 bridgehead atoms. The Morgan fingerprint density at radius 2 is 1.92 bits per heavy atom. The molecule has 1 fully saturated rings. The van der Waals surface area contributed by atoms with Gasteiger partial charge in [-0.3, -0.25) is 4.90 Å². The van der Waals surface area contributed by atoms with E-state index in [4.69, 9.17) is 4.98 Å². The zero-order valence-electron chi connectivity index (χ0n) is 14.8. The summed E-state index contributed by atoms with van der Waals surface area (Å²) >= 11 is 1.61. The number of fused-ring (bicyclic) bond motifs is 1. The third-order valence-electron chi connectivity index (χ3n) is 5.07. The molecule has 2 aliphatic rings. The Bertz CT molecular complexity index is 712. The predicted octanol–water partition coefficient (Wildman–Crippen LogP) is 3.14. The van der Waals surface area contributed by atoms with Crippen molar-refractivity contribution in [2.75, 3.05) is 30.8 Å². The van der Waals surface area contributed by atoms with Gasteiger partial charge in [-0.1, -0.05) is 17.8 Å². The van der Waals surface area contributed by atoms with E-state index < -0.39 is 0 Å². The molecule has 2 aromatic rings. The van der Waals surface area contributed by atoms with Crippen molar-refractivity contribution < 1.29 is 0 Å². The van der Waals surface area contributed by atoms with Crippen LogP contribution in [-0.4, -0.2) is 45.7 Å². The minimum absolute atomic E-state index is 0.879. The normalized spacial score (nSPS) is 18.2. The SMILES string of the molecule is CSc1ncc2c(n1)CCN(Cc1ccc(N3CCCCC3)nc1)C2. The Kier molecular flexibility index (Phi) is 5.17. The number of anilines is 1. The molecule has 0 unspecified atom stereocenters. The maximum Gasteiger partial charge on any atom is 0.187 e. The van der Waals surface area contributed by atoms with Gasteiger partial charge in [0.2, 0.25) is 0 Å². The van der Waals surface area contributed by atoms with Crippen molar-refractivity contribution >= 4 is 17.6 Å². The third-order valence-corrected chi connectivity index (χ3v) is 5.63. The van der Waals surface area contributed by atoms with Gasteiger partial charge in [-0.15, -0.1) is 0 Å². The van der Waals surface area contributed by atoms with Crippen LogP contribution in [0.1, 0.15) is 36.1 Å². The van der Waals surface area contributed by atoms with E-state index in [0.29, 0.717) is 0 Å². The topological polar surface area (TPSA) is 45.2 Å². The highest BCUT2D eigenvalue weighted by atomic mass is 32.2. The molecule has 6 heteroatoms. The monoisotopic (exact) mass is 355 g/mol. The largest absolute Gasteiger partial charge is 0.357 e. The van der Waals surface area contributed by atoms with Crippen LogP contribution in [0.15, 0.2) is 29.7 Å². The summed E-state index contributed by atoms with van der Waals surface area (Å²) in [6.07, 6.45) is 11.0. The number of hydrogen-bond donors (Lipinski definition) is 0. The molecule has 5 nitrogen and oxygen atoms in total. The molecule has 1 saturated heterocycles. The molecule has 0 N–H and O–H groups in total. The van der Waals surface area contributed by atoms with Gasteiger partial charge in [0, 0.05) is 57.1 Å². The summed E-state index contributed by atoms with van der Waals surface area (Å²) in [7, 11) is 0. The average molecular weight is 356 g/mol. The number of nitrogens with zero attached hydrogens (tertiary/aromatic N) is 5. The second-order valence-electron chi connectivity index (χ2n) is 6.86. The summed E-state index contributed by atoms with van der Waals surface area (Å²) in [5.41, 5.74) is 3.77. The average Bonchev–Trinajstić information content (AvgIpc) is 2.69. The van der Waals surface area contributed by atoms with Crippen molar-refractivity contribution in [1.29, 1.82) is 0 Å². The predicted molar refractivity (Wildman–Crippen MR) is 102 cm³/mol. The number of pyridine rings is 1. The van der Waals surface area contributed by atoms with E-state index in [9.17, 15) is 0 Å². The van der Waals surface area contributed by atoms with Crippen molar-refractivity contribution in [3.8, 4) is 0 Å². The number of hydrogen-bond acceptors (Lipinski definition) is 6. The Labute approximate surface area is 153 Å². The molecule has 4 heterocycles. The summed E-state index contributed by atoms with van der Waals surface area (Å²) in [5.74, 6) is 1.13. The first-order chi connectivity index (χ1) is 12.3. The number of thioether (sulfide) groups is 1. The number of piperidine rings is 1. The van der Waals surface area contributed by atoms with Gasteiger partial charge in [-0.05, 0) is 37.1 Å². The molecular weight excluding hydrogens is 330 g/mol. The van der Waals surface area contributed by atoms with E-state index in [1.54, 1.807) is 11.8 Å². The minimum Gasteiger partial charge on any atom is -0.357 e. The summed E-state index contributed by atoms with van der Waals surface area (Å²) < 4.78 is 0. The molecular formula is C19H25N5S. The third kappa shape index (κ3) is 3.96. The standard InChI is InChI=1S/C19H25N5S/c1-25-19-21-12-16-14-23(10-7-17(16)22-19)13-15-5-6-18(20-11-15)24-8-3-2-4-9-24/h5-6,11-12H,2-4,7-10,13-14H2,1H3. The van der Waals surface area contributed by atoms with Gasteiger partial charge < -0.3 is 4.90 Å². The number of rotatable bonds is 4. The quantitative estimate of drug-likeness (QED) is 0.620. The molecule has 2 aromatic heterocycles. The molecule has 0 amide bonds. The van der Waals surface area contributed by atoms with E-state index >= 15 is 0 Å². The Morgan fingerprint density at radius 1 is 1.04 bits per heavy atom. The van der Waals surface area contributed by atoms with Crippen molar-refractivity contribution in [1.82, 2.24) is 19.9 Å². The highest BCUT2D eigenvalue weighted by Crippen LogP contribution is 2.22. The van der Waals surface area contributed by atoms with Gasteiger partial charge in [0.25, 0.3) is 0 Å². The van der Waals surface area contributed by atoms with Gasteiger partial charge in [0.1, 0.15) is 5.82 Å². The molecule has 0 saturated carbocycles. The molecule has 4 rings (SSSR count). The Hall–Kier alpha value is -1.66. The first-order valence-electron chi connectivity index (χ1n) is 9.13. The zero-order chi connectivity index (χ0) is 17.1. The summed E-state index contributed by atoms with van der Waals surface area (Å²) in [6, 6.07) is 4.42. The molecule has 25 heavy (non-hydrogen) atoms. The van der Waals surface area contributed by atoms with E-state index in [2.05, 4.69) is 31.9 Å². The maximum atomic E-state index is 4.71. The molecule has 132 valence electrons. The number of aromatic nitrogens is 3. The Morgan fingerprint density at radius 3 is 2.68 bits per heavy atom. The molecule has 0 spiro atoms. The lowest BCUT2D eigenvalue weighted by molar-refractivity contribution is 0.242. The first kappa shape index (κ1) is 16.8. The van der Waals surface area contributed by atoms with Gasteiger partial charge in [-0.25, -0.2) is 15.0 Å². The van der Waals surface area contributed by atoms with Gasteiger partial charge in [0.05, 0.1) is 5.69 Å². The molecule has 0 atom stereocenters. The summed E-state index contributed by atoms with van der Waals surface area (Å²) in [4.78, 5) is 18.6. The van der Waals surface area contributed by atoms with Crippen LogP contribution in [0.3, 0.4) is 0 Å². The molecule has 0 aliphatic carbocycles. The van der Waals surface area contributed by atoms with E-state index in [1.807, 2.05) is 18.6 Å². The minimum atomic E-state index is 0.879. The summed E-state index contributed by atoms with van der Waals surface area (Å²) in [6.45, 7) is 5.21. The fourth-order valence-electron chi connectivity index (χ4n) is 3.67. The lowest BCUT2D eigenvalue weighted by atomic mass is 10.1. The van der Waals surface area contributed by atoms with Crippen LogP contribution in [-0.2, 0) is 19.5 Å². The van der Waals surface area contributed by atoms with E-state index in [0.717, 1.165) is 50.1 Å². The highest BCUT2D eigenvalue weighted by molar-refractivity contribution is 7.98. The van der Waals surface area contributed by atoms with E-state index in [1.165, 1.54) is 36.1 Å². The summed E-state index contributed by atoms with van der Waals surface area (Å²) in [5, 5.41) is 0.879. The van der Waals surface area contributed by atoms with Crippen LogP contribution in [0.2, 0.25) is 0 Å². The van der Waals surface area contributed by atoms with Gasteiger partial charge in [-0.2, -0.15) is 0 Å². The molecule has 0 radical (unpaired) electrons. The fraction of sp³-hybridized carbons (Fsp3) is 0.526. The van der Waals surface area contributed by atoms with Gasteiger partial charge >= 0.3 is 0 Å². The second kappa shape index (κ2) is 7.70. The van der Waals surface area contributed by atoms with Crippen LogP contribution < -0.4 is 4.90 Å². The van der Waals surface area contributed by atoms with Crippen LogP contribution >= 0.6 is 11.8 Å². The maximum absolute atomic E-state index is 4.71. The van der Waals surface area contributed by atoms with Crippen molar-refractivity contribution in [3.05, 3.63) is 41.3 Å². The smallest absolute Gasteiger partial charge is 0.187 e.